The Kier molecular flexibility index (Phi) is 10.2. The van der Waals surface area contributed by atoms with Crippen LogP contribution in [0.3, 0.4) is 0 Å². The molecule has 2 aliphatic rings. The fourth-order valence-corrected chi connectivity index (χ4v) is 4.20. The zero-order valence-corrected chi connectivity index (χ0v) is 21.0. The molecule has 1 aromatic carbocycles. The highest BCUT2D eigenvalue weighted by Gasteiger charge is 2.53. The lowest BCUT2D eigenvalue weighted by molar-refractivity contribution is -0.343. The minimum absolute atomic E-state index is 0.0690. The number of esters is 2. The molecule has 1 aromatic rings. The van der Waals surface area contributed by atoms with Gasteiger partial charge in [-0.3, -0.25) is 0 Å². The monoisotopic (exact) mass is 552 g/mol. The highest BCUT2D eigenvalue weighted by Crippen LogP contribution is 2.40. The third-order valence-electron chi connectivity index (χ3n) is 6.44. The van der Waals surface area contributed by atoms with Crippen LogP contribution in [0.15, 0.2) is 54.8 Å². The summed E-state index contributed by atoms with van der Waals surface area (Å²) < 4.78 is 26.4. The van der Waals surface area contributed by atoms with Crippen LogP contribution < -0.4 is 0 Å². The van der Waals surface area contributed by atoms with Crippen LogP contribution in [-0.4, -0.2) is 105 Å². The van der Waals surface area contributed by atoms with Gasteiger partial charge in [-0.2, -0.15) is 0 Å². The molecule has 8 atom stereocenters. The lowest BCUT2D eigenvalue weighted by Crippen LogP contribution is -2.61. The molecule has 0 spiro atoms. The third kappa shape index (κ3) is 6.83. The Morgan fingerprint density at radius 3 is 2.41 bits per heavy atom. The third-order valence-corrected chi connectivity index (χ3v) is 6.44. The highest BCUT2D eigenvalue weighted by molar-refractivity contribution is 5.91. The van der Waals surface area contributed by atoms with Crippen molar-refractivity contribution in [3.05, 3.63) is 60.4 Å². The summed E-state index contributed by atoms with van der Waals surface area (Å²) >= 11 is 0. The Balaban J connectivity index is 1.74. The Labute approximate surface area is 223 Å². The average molecular weight is 553 g/mol. The van der Waals surface area contributed by atoms with E-state index in [9.17, 15) is 40.2 Å². The van der Waals surface area contributed by atoms with Crippen LogP contribution in [0.2, 0.25) is 0 Å². The second-order valence-electron chi connectivity index (χ2n) is 8.89. The molecule has 214 valence electrons. The van der Waals surface area contributed by atoms with Gasteiger partial charge in [0, 0.05) is 12.5 Å². The summed E-state index contributed by atoms with van der Waals surface area (Å²) in [5, 5.41) is 60.7. The van der Waals surface area contributed by atoms with Crippen LogP contribution in [0.25, 0.3) is 6.08 Å². The molecule has 0 saturated carbocycles. The number of carbonyl (C=O) groups excluding carboxylic acids is 2. The summed E-state index contributed by atoms with van der Waals surface area (Å²) in [5.41, 5.74) is -1.78. The van der Waals surface area contributed by atoms with Crippen LogP contribution in [0, 0.1) is 5.92 Å². The number of carbonyl (C=O) groups is 2. The molecule has 6 N–H and O–H groups in total. The fraction of sp³-hybridized carbons (Fsp3) is 0.462. The zero-order valence-electron chi connectivity index (χ0n) is 21.0. The fourth-order valence-electron chi connectivity index (χ4n) is 4.20. The molecule has 0 aliphatic carbocycles. The van der Waals surface area contributed by atoms with Gasteiger partial charge in [-0.1, -0.05) is 18.2 Å². The van der Waals surface area contributed by atoms with Gasteiger partial charge in [0.25, 0.3) is 0 Å². The van der Waals surface area contributed by atoms with Crippen LogP contribution in [0.4, 0.5) is 0 Å². The zero-order chi connectivity index (χ0) is 28.7. The molecule has 13 heteroatoms. The SMILES string of the molecule is C=C[C@H]1[C@H](O[C@@H]2O[C@H](CO)[C@@H](O)[C@H](O)[C@H]2O)OC=C(C(=O)OC)[C@@]1(O)CCOC(=O)C=Cc1ccc(O)cc1. The summed E-state index contributed by atoms with van der Waals surface area (Å²) in [6.07, 6.45) is -5.00. The molecule has 2 aliphatic heterocycles. The Hall–Kier alpha value is -3.30. The van der Waals surface area contributed by atoms with Crippen molar-refractivity contribution in [2.24, 2.45) is 5.92 Å². The maximum atomic E-state index is 12.4. The van der Waals surface area contributed by atoms with Gasteiger partial charge in [-0.15, -0.1) is 6.58 Å². The number of rotatable bonds is 10. The number of aromatic hydroxyl groups is 1. The van der Waals surface area contributed by atoms with Crippen molar-refractivity contribution in [1.82, 2.24) is 0 Å². The number of phenols is 1. The summed E-state index contributed by atoms with van der Waals surface area (Å²) in [6, 6.07) is 6.07. The first kappa shape index (κ1) is 30.2. The van der Waals surface area contributed by atoms with Crippen LogP contribution in [0.1, 0.15) is 12.0 Å². The normalized spacial score (nSPS) is 32.7. The van der Waals surface area contributed by atoms with Crippen molar-refractivity contribution in [2.75, 3.05) is 20.3 Å². The average Bonchev–Trinajstić information content (AvgIpc) is 2.92. The minimum Gasteiger partial charge on any atom is -0.508 e. The van der Waals surface area contributed by atoms with Crippen molar-refractivity contribution in [2.45, 2.75) is 49.0 Å². The molecular formula is C26H32O13. The van der Waals surface area contributed by atoms with E-state index >= 15 is 0 Å². The number of aliphatic hydroxyl groups is 5. The van der Waals surface area contributed by atoms with Crippen LogP contribution in [0.5, 0.6) is 5.75 Å². The van der Waals surface area contributed by atoms with E-state index in [0.29, 0.717) is 5.56 Å². The molecule has 2 heterocycles. The van der Waals surface area contributed by atoms with E-state index in [1.165, 1.54) is 24.3 Å². The molecule has 13 nitrogen and oxygen atoms in total. The van der Waals surface area contributed by atoms with Crippen molar-refractivity contribution in [1.29, 1.82) is 0 Å². The summed E-state index contributed by atoms with van der Waals surface area (Å²) in [4.78, 5) is 24.6. The molecule has 0 radical (unpaired) electrons. The number of benzene rings is 1. The summed E-state index contributed by atoms with van der Waals surface area (Å²) in [6.45, 7) is 2.61. The van der Waals surface area contributed by atoms with E-state index in [0.717, 1.165) is 19.4 Å². The van der Waals surface area contributed by atoms with E-state index in [1.807, 2.05) is 0 Å². The predicted molar refractivity (Wildman–Crippen MR) is 131 cm³/mol. The maximum Gasteiger partial charge on any atom is 0.339 e. The maximum absolute atomic E-state index is 12.4. The molecule has 39 heavy (non-hydrogen) atoms. The number of hydrogen-bond donors (Lipinski definition) is 6. The van der Waals surface area contributed by atoms with E-state index in [1.54, 1.807) is 12.1 Å². The van der Waals surface area contributed by atoms with Gasteiger partial charge < -0.3 is 54.3 Å². The van der Waals surface area contributed by atoms with Crippen molar-refractivity contribution in [3.8, 4) is 5.75 Å². The van der Waals surface area contributed by atoms with Gasteiger partial charge in [0.2, 0.25) is 6.29 Å². The number of aliphatic hydroxyl groups excluding tert-OH is 4. The predicted octanol–water partition coefficient (Wildman–Crippen LogP) is -0.898. The van der Waals surface area contributed by atoms with Crippen molar-refractivity contribution < 1.29 is 63.9 Å². The largest absolute Gasteiger partial charge is 0.508 e. The van der Waals surface area contributed by atoms with E-state index in [2.05, 4.69) is 6.58 Å². The smallest absolute Gasteiger partial charge is 0.339 e. The van der Waals surface area contributed by atoms with Gasteiger partial charge in [-0.05, 0) is 23.8 Å². The number of phenolic OH excluding ortho intramolecular Hbond substituents is 1. The number of methoxy groups -OCH3 is 1. The van der Waals surface area contributed by atoms with Crippen LogP contribution in [-0.2, 0) is 33.3 Å². The summed E-state index contributed by atoms with van der Waals surface area (Å²) in [5.74, 6) is -2.82. The molecule has 1 fully saturated rings. The molecule has 0 amide bonds. The number of hydrogen-bond acceptors (Lipinski definition) is 13. The first-order chi connectivity index (χ1) is 18.5. The Bertz CT molecular complexity index is 1070. The molecular weight excluding hydrogens is 520 g/mol. The highest BCUT2D eigenvalue weighted by atomic mass is 16.8. The second kappa shape index (κ2) is 13.2. The van der Waals surface area contributed by atoms with Gasteiger partial charge >= 0.3 is 11.9 Å². The molecule has 0 aromatic heterocycles. The standard InChI is InChI=1S/C26H32O13/c1-3-16-24(39-25-22(32)21(31)20(30)18(12-27)38-25)37-13-17(23(33)35-2)26(16,34)10-11-36-19(29)9-6-14-4-7-15(28)8-5-14/h3-9,13,16,18,20-22,24-25,27-28,30-32,34H,1,10-12H2,2H3/t16-,18+,20+,21-,22+,24-,25-,26+/m0/s1. The minimum atomic E-state index is -2.09. The second-order valence-corrected chi connectivity index (χ2v) is 8.89. The first-order valence-corrected chi connectivity index (χ1v) is 11.9. The lowest BCUT2D eigenvalue weighted by Gasteiger charge is -2.45. The van der Waals surface area contributed by atoms with Crippen molar-refractivity contribution >= 4 is 18.0 Å². The lowest BCUT2D eigenvalue weighted by atomic mass is 9.77. The van der Waals surface area contributed by atoms with E-state index in [-0.39, 0.29) is 24.4 Å². The summed E-state index contributed by atoms with van der Waals surface area (Å²) in [7, 11) is 1.09. The molecule has 1 saturated heterocycles. The van der Waals surface area contributed by atoms with Crippen molar-refractivity contribution in [3.63, 3.8) is 0 Å². The Morgan fingerprint density at radius 1 is 1.10 bits per heavy atom. The van der Waals surface area contributed by atoms with Gasteiger partial charge in [0.15, 0.2) is 6.29 Å². The number of ether oxygens (including phenoxy) is 5. The first-order valence-electron chi connectivity index (χ1n) is 11.9. The molecule has 3 rings (SSSR count). The van der Waals surface area contributed by atoms with Gasteiger partial charge in [0.1, 0.15) is 41.3 Å². The van der Waals surface area contributed by atoms with E-state index < -0.39 is 67.1 Å². The van der Waals surface area contributed by atoms with Gasteiger partial charge in [-0.25, -0.2) is 9.59 Å². The van der Waals surface area contributed by atoms with E-state index in [4.69, 9.17) is 23.7 Å². The Morgan fingerprint density at radius 2 is 1.79 bits per heavy atom. The molecule has 0 unspecified atom stereocenters. The quantitative estimate of drug-likeness (QED) is 0.119. The van der Waals surface area contributed by atoms with Gasteiger partial charge in [0.05, 0.1) is 32.5 Å². The van der Waals surface area contributed by atoms with Crippen LogP contribution >= 0.6 is 0 Å². The molecule has 0 bridgehead atoms. The topological polar surface area (TPSA) is 202 Å².